The largest absolute Gasteiger partial charge is 0.386 e. The fraction of sp³-hybridized carbons (Fsp3) is 0.765. The van der Waals surface area contributed by atoms with E-state index in [0.717, 1.165) is 61.7 Å². The van der Waals surface area contributed by atoms with Crippen LogP contribution < -0.4 is 5.56 Å². The van der Waals surface area contributed by atoms with Crippen LogP contribution in [0.3, 0.4) is 0 Å². The van der Waals surface area contributed by atoms with Crippen molar-refractivity contribution in [3.63, 3.8) is 0 Å². The summed E-state index contributed by atoms with van der Waals surface area (Å²) in [6.07, 6.45) is 2.71. The lowest BCUT2D eigenvalue weighted by Crippen LogP contribution is -2.57. The van der Waals surface area contributed by atoms with E-state index in [-0.39, 0.29) is 5.56 Å². The molecule has 0 spiro atoms. The third kappa shape index (κ3) is 3.54. The molecule has 2 fully saturated rings. The highest BCUT2D eigenvalue weighted by Gasteiger charge is 2.37. The molecule has 0 aromatic carbocycles. The molecular formula is C17H25N3O3S. The first-order valence-corrected chi connectivity index (χ1v) is 9.97. The molecule has 7 heteroatoms. The molecule has 1 aromatic rings. The van der Waals surface area contributed by atoms with E-state index in [2.05, 4.69) is 10.00 Å². The molecule has 4 heterocycles. The smallest absolute Gasteiger partial charge is 0.267 e. The number of likely N-dealkylation sites (tertiary alicyclic amines) is 1. The summed E-state index contributed by atoms with van der Waals surface area (Å²) in [5.41, 5.74) is 1.54. The number of ether oxygens (including phenoxy) is 1. The van der Waals surface area contributed by atoms with Crippen molar-refractivity contribution in [2.24, 2.45) is 5.92 Å². The van der Waals surface area contributed by atoms with E-state index in [9.17, 15) is 9.90 Å². The predicted molar refractivity (Wildman–Crippen MR) is 93.3 cm³/mol. The lowest BCUT2D eigenvalue weighted by atomic mass is 9.92. The highest BCUT2D eigenvalue weighted by molar-refractivity contribution is 7.98. The summed E-state index contributed by atoms with van der Waals surface area (Å²) < 4.78 is 7.06. The number of hydrogen-bond donors (Lipinski definition) is 1. The minimum absolute atomic E-state index is 0.0222. The van der Waals surface area contributed by atoms with Crippen molar-refractivity contribution in [1.29, 1.82) is 0 Å². The van der Waals surface area contributed by atoms with Gasteiger partial charge in [-0.1, -0.05) is 0 Å². The van der Waals surface area contributed by atoms with Crippen molar-refractivity contribution in [1.82, 2.24) is 14.7 Å². The number of β-amino-alcohol motifs (C(OH)–C–C–N with tert-alkyl or cyclic N) is 1. The molecule has 6 nitrogen and oxygen atoms in total. The van der Waals surface area contributed by atoms with Crippen molar-refractivity contribution in [2.45, 2.75) is 37.2 Å². The van der Waals surface area contributed by atoms with Crippen LogP contribution in [-0.4, -0.2) is 64.0 Å². The number of aliphatic hydroxyl groups is 1. The molecule has 2 saturated heterocycles. The third-order valence-electron chi connectivity index (χ3n) is 5.19. The molecule has 1 atom stereocenters. The van der Waals surface area contributed by atoms with Crippen molar-refractivity contribution in [2.75, 3.05) is 38.6 Å². The average Bonchev–Trinajstić information content (AvgIpc) is 2.54. The van der Waals surface area contributed by atoms with Crippen LogP contribution in [0.15, 0.2) is 10.9 Å². The van der Waals surface area contributed by atoms with Crippen LogP contribution >= 0.6 is 11.8 Å². The van der Waals surface area contributed by atoms with Gasteiger partial charge in [-0.2, -0.15) is 16.9 Å². The number of rotatable bonds is 4. The molecule has 24 heavy (non-hydrogen) atoms. The first-order valence-electron chi connectivity index (χ1n) is 8.81. The summed E-state index contributed by atoms with van der Waals surface area (Å²) in [5, 5.41) is 15.1. The summed E-state index contributed by atoms with van der Waals surface area (Å²) in [6, 6.07) is 1.77. The minimum Gasteiger partial charge on any atom is -0.386 e. The normalized spacial score (nSPS) is 28.4. The zero-order chi connectivity index (χ0) is 16.6. The Morgan fingerprint density at radius 3 is 3.12 bits per heavy atom. The topological polar surface area (TPSA) is 67.6 Å². The van der Waals surface area contributed by atoms with Gasteiger partial charge in [-0.25, -0.2) is 4.68 Å². The zero-order valence-corrected chi connectivity index (χ0v) is 14.8. The van der Waals surface area contributed by atoms with Crippen molar-refractivity contribution in [3.8, 4) is 0 Å². The lowest BCUT2D eigenvalue weighted by molar-refractivity contribution is -0.113. The molecule has 0 amide bonds. The summed E-state index contributed by atoms with van der Waals surface area (Å²) in [6.45, 7) is 4.40. The first kappa shape index (κ1) is 16.6. The zero-order valence-electron chi connectivity index (χ0n) is 13.9. The number of fused-ring (bicyclic) bond motifs is 1. The fourth-order valence-electron chi connectivity index (χ4n) is 3.93. The van der Waals surface area contributed by atoms with Gasteiger partial charge in [0.25, 0.3) is 5.56 Å². The second kappa shape index (κ2) is 6.78. The average molecular weight is 351 g/mol. The van der Waals surface area contributed by atoms with Crippen LogP contribution in [-0.2, 0) is 23.5 Å². The molecule has 0 bridgehead atoms. The summed E-state index contributed by atoms with van der Waals surface area (Å²) in [4.78, 5) is 14.5. The van der Waals surface area contributed by atoms with Gasteiger partial charge in [0.15, 0.2) is 0 Å². The molecule has 1 aromatic heterocycles. The highest BCUT2D eigenvalue weighted by atomic mass is 32.2. The SMILES string of the molecule is O=c1cc2c(nn1CC1CN(CC3(O)CCCOC3)C1)CCSC2. The van der Waals surface area contributed by atoms with Crippen molar-refractivity contribution < 1.29 is 9.84 Å². The summed E-state index contributed by atoms with van der Waals surface area (Å²) >= 11 is 1.87. The molecule has 0 saturated carbocycles. The van der Waals surface area contributed by atoms with Crippen LogP contribution in [0.4, 0.5) is 0 Å². The molecule has 132 valence electrons. The van der Waals surface area contributed by atoms with Crippen LogP contribution in [0, 0.1) is 5.92 Å². The Kier molecular flexibility index (Phi) is 4.68. The van der Waals surface area contributed by atoms with Gasteiger partial charge < -0.3 is 9.84 Å². The molecule has 3 aliphatic heterocycles. The number of nitrogens with zero attached hydrogens (tertiary/aromatic N) is 3. The van der Waals surface area contributed by atoms with E-state index in [1.165, 1.54) is 0 Å². The Labute approximate surface area is 146 Å². The molecule has 0 aliphatic carbocycles. The van der Waals surface area contributed by atoms with E-state index in [1.54, 1.807) is 10.7 Å². The molecule has 0 radical (unpaired) electrons. The van der Waals surface area contributed by atoms with Crippen molar-refractivity contribution in [3.05, 3.63) is 27.7 Å². The van der Waals surface area contributed by atoms with Crippen LogP contribution in [0.25, 0.3) is 0 Å². The Bertz CT molecular complexity index is 651. The first-order chi connectivity index (χ1) is 11.6. The van der Waals surface area contributed by atoms with Gasteiger partial charge in [0.2, 0.25) is 0 Å². The monoisotopic (exact) mass is 351 g/mol. The number of aromatic nitrogens is 2. The van der Waals surface area contributed by atoms with E-state index in [4.69, 9.17) is 4.74 Å². The summed E-state index contributed by atoms with van der Waals surface area (Å²) in [7, 11) is 0. The maximum absolute atomic E-state index is 12.2. The predicted octanol–water partition coefficient (Wildman–Crippen LogP) is 0.506. The van der Waals surface area contributed by atoms with Gasteiger partial charge in [0, 0.05) is 50.4 Å². The van der Waals surface area contributed by atoms with Gasteiger partial charge >= 0.3 is 0 Å². The van der Waals surface area contributed by atoms with E-state index in [0.29, 0.717) is 25.6 Å². The van der Waals surface area contributed by atoms with Crippen LogP contribution in [0.5, 0.6) is 0 Å². The van der Waals surface area contributed by atoms with Gasteiger partial charge in [-0.15, -0.1) is 0 Å². The molecule has 4 rings (SSSR count). The lowest BCUT2D eigenvalue weighted by Gasteiger charge is -2.44. The van der Waals surface area contributed by atoms with E-state index < -0.39 is 5.60 Å². The maximum atomic E-state index is 12.2. The Morgan fingerprint density at radius 1 is 1.46 bits per heavy atom. The number of aryl methyl sites for hydroxylation is 1. The summed E-state index contributed by atoms with van der Waals surface area (Å²) in [5.74, 6) is 2.45. The van der Waals surface area contributed by atoms with Gasteiger partial charge in [0.1, 0.15) is 5.60 Å². The highest BCUT2D eigenvalue weighted by Crippen LogP contribution is 2.26. The fourth-order valence-corrected chi connectivity index (χ4v) is 4.88. The second-order valence-corrected chi connectivity index (χ2v) is 8.48. The molecular weight excluding hydrogens is 326 g/mol. The standard InChI is InChI=1S/C17H25N3O3S/c21-16-6-14-10-24-5-2-15(14)18-20(16)9-13-7-19(8-13)11-17(22)3-1-4-23-12-17/h6,13,22H,1-5,7-12H2. The van der Waals surface area contributed by atoms with Gasteiger partial charge in [-0.05, 0) is 24.2 Å². The van der Waals surface area contributed by atoms with Gasteiger partial charge in [0.05, 0.1) is 18.8 Å². The van der Waals surface area contributed by atoms with E-state index >= 15 is 0 Å². The Morgan fingerprint density at radius 2 is 2.33 bits per heavy atom. The van der Waals surface area contributed by atoms with Crippen molar-refractivity contribution >= 4 is 11.8 Å². The third-order valence-corrected chi connectivity index (χ3v) is 6.20. The second-order valence-electron chi connectivity index (χ2n) is 7.38. The Balaban J connectivity index is 1.33. The maximum Gasteiger partial charge on any atom is 0.267 e. The minimum atomic E-state index is -0.693. The molecule has 1 unspecified atom stereocenters. The molecule has 3 aliphatic rings. The van der Waals surface area contributed by atoms with Crippen LogP contribution in [0.2, 0.25) is 0 Å². The quantitative estimate of drug-likeness (QED) is 0.852. The number of hydrogen-bond acceptors (Lipinski definition) is 6. The van der Waals surface area contributed by atoms with Crippen LogP contribution in [0.1, 0.15) is 24.1 Å². The van der Waals surface area contributed by atoms with E-state index in [1.807, 2.05) is 11.8 Å². The van der Waals surface area contributed by atoms with Gasteiger partial charge in [-0.3, -0.25) is 9.69 Å². The Hall–Kier alpha value is -0.890. The molecule has 1 N–H and O–H groups in total. The number of thioether (sulfide) groups is 1.